The molecule has 0 radical (unpaired) electrons. The van der Waals surface area contributed by atoms with Crippen molar-refractivity contribution in [3.63, 3.8) is 0 Å². The normalized spacial score (nSPS) is 10.8. The number of alkyl halides is 1. The van der Waals surface area contributed by atoms with Crippen molar-refractivity contribution in [3.8, 4) is 11.1 Å². The lowest BCUT2D eigenvalue weighted by Gasteiger charge is -2.21. The van der Waals surface area contributed by atoms with E-state index in [-0.39, 0.29) is 17.5 Å². The zero-order chi connectivity index (χ0) is 26.2. The van der Waals surface area contributed by atoms with E-state index in [1.54, 1.807) is 6.07 Å². The third-order valence-electron chi connectivity index (χ3n) is 5.49. The second-order valence-corrected chi connectivity index (χ2v) is 10.1. The molecule has 36 heavy (non-hydrogen) atoms. The molecule has 0 aliphatic rings. The van der Waals surface area contributed by atoms with E-state index in [0.717, 1.165) is 28.9 Å². The molecule has 0 spiro atoms. The number of nitrogens with one attached hydrogen (secondary N) is 3. The van der Waals surface area contributed by atoms with Gasteiger partial charge in [0.25, 0.3) is 5.91 Å². The lowest BCUT2D eigenvalue weighted by atomic mass is 9.91. The Bertz CT molecular complexity index is 1210. The summed E-state index contributed by atoms with van der Waals surface area (Å²) in [6.07, 6.45) is 0.788. The van der Waals surface area contributed by atoms with Gasteiger partial charge in [0.05, 0.1) is 0 Å². The van der Waals surface area contributed by atoms with Crippen molar-refractivity contribution in [3.05, 3.63) is 65.9 Å². The second-order valence-electron chi connectivity index (χ2n) is 8.86. The van der Waals surface area contributed by atoms with Crippen LogP contribution < -0.4 is 20.7 Å². The molecule has 190 valence electrons. The number of pyridine rings is 1. The number of carbonyl (C=O) groups excluding carboxylic acids is 1. The maximum atomic E-state index is 13.1. The summed E-state index contributed by atoms with van der Waals surface area (Å²) < 4.78 is 2.86. The molecular formula is C27H33ClN6OS. The number of anilines is 4. The molecule has 0 saturated heterocycles. The molecule has 0 atom stereocenters. The number of benzene rings is 2. The average molecular weight is 525 g/mol. The molecule has 2 aromatic carbocycles. The number of halogens is 1. The van der Waals surface area contributed by atoms with E-state index in [2.05, 4.69) is 10.0 Å². The van der Waals surface area contributed by atoms with Gasteiger partial charge in [0.15, 0.2) is 0 Å². The minimum absolute atomic E-state index is 0.0567. The third-order valence-corrected chi connectivity index (χ3v) is 6.58. The fourth-order valence-electron chi connectivity index (χ4n) is 3.50. The molecule has 7 nitrogen and oxygen atoms in total. The summed E-state index contributed by atoms with van der Waals surface area (Å²) >= 11 is 7.06. The summed E-state index contributed by atoms with van der Waals surface area (Å²) in [6, 6.07) is 17.1. The van der Waals surface area contributed by atoms with Crippen LogP contribution in [0.5, 0.6) is 0 Å². The zero-order valence-electron chi connectivity index (χ0n) is 21.1. The summed E-state index contributed by atoms with van der Waals surface area (Å²) in [5.41, 5.74) is 11.3. The van der Waals surface area contributed by atoms with Crippen molar-refractivity contribution >= 4 is 58.0 Å². The minimum atomic E-state index is -0.306. The number of aromatic nitrogens is 1. The third kappa shape index (κ3) is 6.92. The van der Waals surface area contributed by atoms with Crippen LogP contribution in [0.1, 0.15) is 36.3 Å². The maximum Gasteiger partial charge on any atom is 0.279 e. The Balaban J connectivity index is 2.17. The highest BCUT2D eigenvalue weighted by Crippen LogP contribution is 2.34. The maximum absolute atomic E-state index is 13.1. The van der Waals surface area contributed by atoms with Gasteiger partial charge in [-0.25, -0.2) is 4.98 Å². The van der Waals surface area contributed by atoms with E-state index in [4.69, 9.17) is 27.7 Å². The highest BCUT2D eigenvalue weighted by Gasteiger charge is 2.23. The van der Waals surface area contributed by atoms with Gasteiger partial charge >= 0.3 is 0 Å². The molecule has 1 aromatic heterocycles. The first kappa shape index (κ1) is 27.4. The van der Waals surface area contributed by atoms with E-state index >= 15 is 0 Å². The second kappa shape index (κ2) is 12.6. The fourth-order valence-corrected chi connectivity index (χ4v) is 4.42. The number of hydrogen-bond acceptors (Lipinski definition) is 7. The van der Waals surface area contributed by atoms with Crippen molar-refractivity contribution in [2.75, 3.05) is 41.7 Å². The molecule has 0 fully saturated rings. The number of rotatable bonds is 11. The van der Waals surface area contributed by atoms with Gasteiger partial charge in [0.2, 0.25) is 0 Å². The van der Waals surface area contributed by atoms with Crippen molar-refractivity contribution in [2.24, 2.45) is 5.92 Å². The Kier molecular flexibility index (Phi) is 9.61. The quantitative estimate of drug-likeness (QED) is 0.0785. The first-order valence-electron chi connectivity index (χ1n) is 11.7. The summed E-state index contributed by atoms with van der Waals surface area (Å²) in [5.74, 6) is 1.33. The van der Waals surface area contributed by atoms with Crippen molar-refractivity contribution in [1.29, 1.82) is 5.41 Å². The molecule has 3 rings (SSSR count). The first-order chi connectivity index (χ1) is 17.2. The number of hydrogen-bond donors (Lipinski definition) is 4. The molecule has 0 unspecified atom stereocenters. The number of nitrogens with two attached hydrogens (primary N) is 1. The molecule has 1 amide bonds. The predicted octanol–water partition coefficient (Wildman–Crippen LogP) is 6.17. The van der Waals surface area contributed by atoms with Crippen LogP contribution in [0.3, 0.4) is 0 Å². The largest absolute Gasteiger partial charge is 0.399 e. The van der Waals surface area contributed by atoms with Gasteiger partial charge < -0.3 is 21.4 Å². The van der Waals surface area contributed by atoms with Gasteiger partial charge in [-0.2, -0.15) is 0 Å². The standard InChI is InChI=1S/C27H33ClN6OS/c1-17(2)25(30)24-22(18-9-11-19(29)12-10-18)16-23(27(35)33-36-14-6-13-28)32-26(24)31-20-7-5-8-21(15-20)34(3)4/h5,7-12,15-17,30H,6,13-14,29H2,1-4H3,(H,31,32)(H,33,35). The summed E-state index contributed by atoms with van der Waals surface area (Å²) in [5, 5.41) is 12.3. The Hall–Kier alpha value is -3.23. The lowest BCUT2D eigenvalue weighted by Crippen LogP contribution is -2.21. The molecule has 0 aliphatic heterocycles. The SMILES string of the molecule is CC(C)C(=N)c1c(-c2ccc(N)cc2)cc(C(=O)NSCCCCl)nc1Nc1cccc(N(C)C)c1. The number of nitrogen functional groups attached to an aromatic ring is 1. The summed E-state index contributed by atoms with van der Waals surface area (Å²) in [7, 11) is 3.95. The highest BCUT2D eigenvalue weighted by molar-refractivity contribution is 7.97. The Morgan fingerprint density at radius 1 is 1.17 bits per heavy atom. The highest BCUT2D eigenvalue weighted by atomic mass is 35.5. The molecular weight excluding hydrogens is 492 g/mol. The van der Waals surface area contributed by atoms with Crippen molar-refractivity contribution in [2.45, 2.75) is 20.3 Å². The monoisotopic (exact) mass is 524 g/mol. The molecule has 0 aliphatic carbocycles. The topological polar surface area (TPSA) is 107 Å². The van der Waals surface area contributed by atoms with Gasteiger partial charge in [0.1, 0.15) is 11.5 Å². The van der Waals surface area contributed by atoms with Gasteiger partial charge in [-0.3, -0.25) is 9.52 Å². The lowest BCUT2D eigenvalue weighted by molar-refractivity contribution is 0.0980. The Morgan fingerprint density at radius 2 is 1.89 bits per heavy atom. The smallest absolute Gasteiger partial charge is 0.279 e. The summed E-state index contributed by atoms with van der Waals surface area (Å²) in [4.78, 5) is 19.8. The van der Waals surface area contributed by atoms with Crippen LogP contribution in [-0.4, -0.2) is 42.3 Å². The Morgan fingerprint density at radius 3 is 2.53 bits per heavy atom. The van der Waals surface area contributed by atoms with E-state index in [9.17, 15) is 4.79 Å². The number of nitrogens with zero attached hydrogens (tertiary/aromatic N) is 2. The van der Waals surface area contributed by atoms with Crippen LogP contribution in [0.4, 0.5) is 22.9 Å². The molecule has 0 bridgehead atoms. The molecule has 1 heterocycles. The van der Waals surface area contributed by atoms with Crippen molar-refractivity contribution < 1.29 is 4.79 Å². The van der Waals surface area contributed by atoms with Crippen molar-refractivity contribution in [1.82, 2.24) is 9.71 Å². The van der Waals surface area contributed by atoms with E-state index in [1.807, 2.05) is 81.4 Å². The van der Waals surface area contributed by atoms with Gasteiger partial charge in [-0.15, -0.1) is 11.6 Å². The predicted molar refractivity (Wildman–Crippen MR) is 155 cm³/mol. The number of carbonyl (C=O) groups is 1. The molecule has 0 saturated carbocycles. The molecule has 9 heteroatoms. The zero-order valence-corrected chi connectivity index (χ0v) is 22.6. The van der Waals surface area contributed by atoms with Gasteiger partial charge in [-0.1, -0.05) is 44.0 Å². The molecule has 3 aromatic rings. The van der Waals surface area contributed by atoms with Crippen LogP contribution in [0.25, 0.3) is 11.1 Å². The van der Waals surface area contributed by atoms with Crippen LogP contribution >= 0.6 is 23.5 Å². The minimum Gasteiger partial charge on any atom is -0.399 e. The van der Waals surface area contributed by atoms with E-state index < -0.39 is 0 Å². The fraction of sp³-hybridized carbons (Fsp3) is 0.296. The van der Waals surface area contributed by atoms with E-state index in [0.29, 0.717) is 34.4 Å². The van der Waals surface area contributed by atoms with Crippen LogP contribution in [0.15, 0.2) is 54.6 Å². The average Bonchev–Trinajstić information content (AvgIpc) is 2.86. The van der Waals surface area contributed by atoms with Crippen LogP contribution in [0, 0.1) is 11.3 Å². The van der Waals surface area contributed by atoms with Gasteiger partial charge in [-0.05, 0) is 59.9 Å². The molecule has 5 N–H and O–H groups in total. The number of amides is 1. The van der Waals surface area contributed by atoms with Crippen LogP contribution in [0.2, 0.25) is 0 Å². The van der Waals surface area contributed by atoms with Crippen LogP contribution in [-0.2, 0) is 0 Å². The summed E-state index contributed by atoms with van der Waals surface area (Å²) in [6.45, 7) is 3.94. The van der Waals surface area contributed by atoms with Gasteiger partial charge in [0, 0.05) is 54.1 Å². The first-order valence-corrected chi connectivity index (χ1v) is 13.3. The van der Waals surface area contributed by atoms with E-state index in [1.165, 1.54) is 11.9 Å². The Labute approximate surface area is 222 Å².